The lowest BCUT2D eigenvalue weighted by molar-refractivity contribution is 0.0936. The highest BCUT2D eigenvalue weighted by atomic mass is 16.5. The SMILES string of the molecule is Cc1ccc(C(=O)N[C@@H]2CCc3ccc(-c4cn5c(n4)CCC5)cc32)cc1OCCCN. The molecule has 0 spiro atoms. The van der Waals surface area contributed by atoms with E-state index in [1.807, 2.05) is 25.1 Å². The Kier molecular flexibility index (Phi) is 5.70. The van der Waals surface area contributed by atoms with Gasteiger partial charge in [0, 0.05) is 30.3 Å². The molecule has 6 nitrogen and oxygen atoms in total. The topological polar surface area (TPSA) is 82.2 Å². The largest absolute Gasteiger partial charge is 0.493 e. The van der Waals surface area contributed by atoms with Crippen LogP contribution in [0.4, 0.5) is 0 Å². The lowest BCUT2D eigenvalue weighted by Crippen LogP contribution is -2.27. The monoisotopic (exact) mass is 430 g/mol. The zero-order valence-corrected chi connectivity index (χ0v) is 18.6. The Morgan fingerprint density at radius 3 is 3.00 bits per heavy atom. The molecule has 2 aromatic carbocycles. The normalized spacial score (nSPS) is 16.6. The first-order chi connectivity index (χ1) is 15.6. The summed E-state index contributed by atoms with van der Waals surface area (Å²) in [6, 6.07) is 12.2. The van der Waals surface area contributed by atoms with Gasteiger partial charge in [-0.25, -0.2) is 4.98 Å². The van der Waals surface area contributed by atoms with Crippen molar-refractivity contribution < 1.29 is 9.53 Å². The second-order valence-corrected chi connectivity index (χ2v) is 8.79. The number of aryl methyl sites for hydroxylation is 4. The second-order valence-electron chi connectivity index (χ2n) is 8.79. The van der Waals surface area contributed by atoms with Crippen molar-refractivity contribution in [1.82, 2.24) is 14.9 Å². The van der Waals surface area contributed by atoms with E-state index in [1.54, 1.807) is 0 Å². The van der Waals surface area contributed by atoms with Crippen LogP contribution in [-0.2, 0) is 19.4 Å². The fourth-order valence-electron chi connectivity index (χ4n) is 4.71. The molecular formula is C26H30N4O2. The smallest absolute Gasteiger partial charge is 0.251 e. The summed E-state index contributed by atoms with van der Waals surface area (Å²) in [5.74, 6) is 1.85. The maximum absolute atomic E-state index is 13.1. The van der Waals surface area contributed by atoms with Crippen LogP contribution in [0.5, 0.6) is 5.75 Å². The molecule has 0 unspecified atom stereocenters. The van der Waals surface area contributed by atoms with Crippen molar-refractivity contribution in [2.24, 2.45) is 5.73 Å². The van der Waals surface area contributed by atoms with Crippen LogP contribution in [0, 0.1) is 6.92 Å². The molecule has 166 valence electrons. The Balaban J connectivity index is 1.33. The van der Waals surface area contributed by atoms with Crippen molar-refractivity contribution in [1.29, 1.82) is 0 Å². The van der Waals surface area contributed by atoms with Gasteiger partial charge < -0.3 is 20.4 Å². The van der Waals surface area contributed by atoms with Crippen molar-refractivity contribution in [2.45, 2.75) is 51.6 Å². The molecule has 2 heterocycles. The molecule has 0 fully saturated rings. The van der Waals surface area contributed by atoms with Crippen LogP contribution in [0.1, 0.15) is 58.2 Å². The van der Waals surface area contributed by atoms with Crippen LogP contribution in [-0.4, -0.2) is 28.6 Å². The number of aromatic nitrogens is 2. The minimum Gasteiger partial charge on any atom is -0.493 e. The molecule has 0 bridgehead atoms. The van der Waals surface area contributed by atoms with Crippen molar-refractivity contribution in [3.05, 3.63) is 70.7 Å². The summed E-state index contributed by atoms with van der Waals surface area (Å²) in [5, 5.41) is 3.24. The quantitative estimate of drug-likeness (QED) is 0.556. The van der Waals surface area contributed by atoms with E-state index in [-0.39, 0.29) is 11.9 Å². The molecule has 2 aliphatic rings. The van der Waals surface area contributed by atoms with Crippen LogP contribution in [0.15, 0.2) is 42.6 Å². The molecule has 5 rings (SSSR count). The van der Waals surface area contributed by atoms with Crippen LogP contribution in [0.25, 0.3) is 11.3 Å². The van der Waals surface area contributed by atoms with E-state index >= 15 is 0 Å². The standard InChI is InChI=1S/C26H30N4O2/c1-17-5-6-20(15-24(17)32-13-3-11-27)26(31)29-22-10-9-18-7-8-19(14-21(18)22)23-16-30-12-2-4-25(30)28-23/h5-8,14-16,22H,2-4,9-13,27H2,1H3,(H,29,31)/t22-/m1/s1. The third-order valence-corrected chi connectivity index (χ3v) is 6.54. The van der Waals surface area contributed by atoms with Gasteiger partial charge in [0.1, 0.15) is 11.6 Å². The van der Waals surface area contributed by atoms with Gasteiger partial charge in [0.2, 0.25) is 0 Å². The molecular weight excluding hydrogens is 400 g/mol. The third-order valence-electron chi connectivity index (χ3n) is 6.54. The van der Waals surface area contributed by atoms with E-state index in [4.69, 9.17) is 15.5 Å². The molecule has 6 heteroatoms. The van der Waals surface area contributed by atoms with Gasteiger partial charge in [0.05, 0.1) is 18.3 Å². The van der Waals surface area contributed by atoms with E-state index in [9.17, 15) is 4.79 Å². The lowest BCUT2D eigenvalue weighted by atomic mass is 10.0. The third kappa shape index (κ3) is 4.02. The predicted molar refractivity (Wildman–Crippen MR) is 125 cm³/mol. The number of nitrogens with two attached hydrogens (primary N) is 1. The summed E-state index contributed by atoms with van der Waals surface area (Å²) >= 11 is 0. The highest BCUT2D eigenvalue weighted by Gasteiger charge is 2.26. The number of carbonyl (C=O) groups excluding carboxylic acids is 1. The summed E-state index contributed by atoms with van der Waals surface area (Å²) in [5.41, 5.74) is 11.8. The maximum atomic E-state index is 13.1. The van der Waals surface area contributed by atoms with Gasteiger partial charge in [-0.2, -0.15) is 0 Å². The van der Waals surface area contributed by atoms with Gasteiger partial charge in [-0.05, 0) is 74.0 Å². The number of imidazole rings is 1. The first-order valence-corrected chi connectivity index (χ1v) is 11.6. The van der Waals surface area contributed by atoms with Crippen LogP contribution in [0.2, 0.25) is 0 Å². The highest BCUT2D eigenvalue weighted by Crippen LogP contribution is 2.35. The summed E-state index contributed by atoms with van der Waals surface area (Å²) in [6.07, 6.45) is 7.07. The van der Waals surface area contributed by atoms with Gasteiger partial charge in [0.15, 0.2) is 0 Å². The number of nitrogens with zero attached hydrogens (tertiary/aromatic N) is 2. The summed E-state index contributed by atoms with van der Waals surface area (Å²) in [6.45, 7) is 4.18. The zero-order valence-electron chi connectivity index (χ0n) is 18.6. The molecule has 0 saturated carbocycles. The number of carbonyl (C=O) groups is 1. The molecule has 1 amide bonds. The van der Waals surface area contributed by atoms with Crippen molar-refractivity contribution >= 4 is 5.91 Å². The number of benzene rings is 2. The molecule has 1 aliphatic carbocycles. The van der Waals surface area contributed by atoms with Crippen molar-refractivity contribution in [3.63, 3.8) is 0 Å². The maximum Gasteiger partial charge on any atom is 0.251 e. The van der Waals surface area contributed by atoms with E-state index in [2.05, 4.69) is 34.3 Å². The van der Waals surface area contributed by atoms with Gasteiger partial charge >= 0.3 is 0 Å². The molecule has 3 N–H and O–H groups in total. The molecule has 1 aliphatic heterocycles. The van der Waals surface area contributed by atoms with Crippen molar-refractivity contribution in [2.75, 3.05) is 13.2 Å². The first kappa shape index (κ1) is 20.8. The number of fused-ring (bicyclic) bond motifs is 2. The van der Waals surface area contributed by atoms with Gasteiger partial charge in [-0.1, -0.05) is 18.2 Å². The zero-order chi connectivity index (χ0) is 22.1. The Bertz CT molecular complexity index is 1130. The van der Waals surface area contributed by atoms with Gasteiger partial charge in [0.25, 0.3) is 5.91 Å². The van der Waals surface area contributed by atoms with E-state index in [0.717, 1.165) is 54.8 Å². The van der Waals surface area contributed by atoms with Gasteiger partial charge in [-0.15, -0.1) is 0 Å². The molecule has 1 aromatic heterocycles. The predicted octanol–water partition coefficient (Wildman–Crippen LogP) is 3.95. The Hall–Kier alpha value is -3.12. The van der Waals surface area contributed by atoms with Crippen molar-refractivity contribution in [3.8, 4) is 17.0 Å². The van der Waals surface area contributed by atoms with Crippen LogP contribution in [0.3, 0.4) is 0 Å². The highest BCUT2D eigenvalue weighted by molar-refractivity contribution is 5.95. The summed E-state index contributed by atoms with van der Waals surface area (Å²) in [4.78, 5) is 17.9. The average Bonchev–Trinajstić information content (AvgIpc) is 3.50. The van der Waals surface area contributed by atoms with E-state index in [0.29, 0.717) is 18.7 Å². The molecule has 0 saturated heterocycles. The number of rotatable bonds is 7. The molecule has 1 atom stereocenters. The number of hydrogen-bond donors (Lipinski definition) is 2. The summed E-state index contributed by atoms with van der Waals surface area (Å²) < 4.78 is 8.07. The average molecular weight is 431 g/mol. The number of hydrogen-bond acceptors (Lipinski definition) is 4. The van der Waals surface area contributed by atoms with Gasteiger partial charge in [-0.3, -0.25) is 4.79 Å². The second kappa shape index (κ2) is 8.79. The van der Waals surface area contributed by atoms with E-state index < -0.39 is 0 Å². The Labute approximate surface area is 188 Å². The molecule has 32 heavy (non-hydrogen) atoms. The number of nitrogens with one attached hydrogen (secondary N) is 1. The van der Waals surface area contributed by atoms with E-state index in [1.165, 1.54) is 23.4 Å². The Morgan fingerprint density at radius 1 is 1.25 bits per heavy atom. The molecule has 0 radical (unpaired) electrons. The fraction of sp³-hybridized carbons (Fsp3) is 0.385. The summed E-state index contributed by atoms with van der Waals surface area (Å²) in [7, 11) is 0. The van der Waals surface area contributed by atoms with Crippen LogP contribution >= 0.6 is 0 Å². The number of ether oxygens (including phenoxy) is 1. The minimum atomic E-state index is -0.0714. The Morgan fingerprint density at radius 2 is 2.16 bits per heavy atom. The molecule has 3 aromatic rings. The number of amides is 1. The fourth-order valence-corrected chi connectivity index (χ4v) is 4.71. The van der Waals surface area contributed by atoms with Crippen LogP contribution < -0.4 is 15.8 Å². The first-order valence-electron chi connectivity index (χ1n) is 11.6. The lowest BCUT2D eigenvalue weighted by Gasteiger charge is -2.16. The minimum absolute atomic E-state index is 0.00910.